The minimum Gasteiger partial charge on any atom is -0.480 e. The Kier molecular flexibility index (Phi) is 8.28. The van der Waals surface area contributed by atoms with Crippen LogP contribution in [0.1, 0.15) is 32.4 Å². The molecule has 1 N–H and O–H groups in total. The molecule has 2 amide bonds. The van der Waals surface area contributed by atoms with Crippen molar-refractivity contribution in [1.29, 1.82) is 0 Å². The van der Waals surface area contributed by atoms with Gasteiger partial charge in [0, 0.05) is 6.07 Å². The Hall–Kier alpha value is -2.79. The quantitative estimate of drug-likeness (QED) is 0.762. The van der Waals surface area contributed by atoms with Crippen molar-refractivity contribution in [3.05, 3.63) is 35.4 Å². The average molecular weight is 444 g/mol. The van der Waals surface area contributed by atoms with Gasteiger partial charge in [0.1, 0.15) is 37.1 Å². The number of aliphatic carboxylic acids is 1. The number of amides is 2. The van der Waals surface area contributed by atoms with Crippen LogP contribution in [0.15, 0.2) is 18.2 Å². The fourth-order valence-electron chi connectivity index (χ4n) is 2.92. The molecule has 172 valence electrons. The summed E-state index contributed by atoms with van der Waals surface area (Å²) in [6, 6.07) is 1.40. The molecule has 31 heavy (non-hydrogen) atoms. The minimum absolute atomic E-state index is 0.0219. The van der Waals surface area contributed by atoms with Crippen molar-refractivity contribution in [2.45, 2.75) is 32.4 Å². The Morgan fingerprint density at radius 3 is 2.35 bits per heavy atom. The van der Waals surface area contributed by atoms with Gasteiger partial charge in [0.2, 0.25) is 5.91 Å². The zero-order valence-corrected chi connectivity index (χ0v) is 17.6. The summed E-state index contributed by atoms with van der Waals surface area (Å²) in [5.74, 6) is -3.89. The molecule has 0 aromatic heterocycles. The summed E-state index contributed by atoms with van der Waals surface area (Å²) in [4.78, 5) is 38.9. The molecule has 1 aliphatic rings. The van der Waals surface area contributed by atoms with Crippen molar-refractivity contribution in [3.8, 4) is 0 Å². The monoisotopic (exact) mass is 444 g/mol. The Morgan fingerprint density at radius 1 is 1.16 bits per heavy atom. The first-order chi connectivity index (χ1) is 14.5. The number of nitrogens with zero attached hydrogens (tertiary/aromatic N) is 2. The van der Waals surface area contributed by atoms with Crippen LogP contribution in [0.3, 0.4) is 0 Å². The molecule has 1 aliphatic heterocycles. The lowest BCUT2D eigenvalue weighted by molar-refractivity contribution is -0.148. The van der Waals surface area contributed by atoms with Crippen molar-refractivity contribution in [1.82, 2.24) is 9.80 Å². The summed E-state index contributed by atoms with van der Waals surface area (Å²) in [6.45, 7) is 3.24. The maximum Gasteiger partial charge on any atom is 0.412 e. The van der Waals surface area contributed by atoms with E-state index in [1.165, 1.54) is 0 Å². The van der Waals surface area contributed by atoms with E-state index < -0.39 is 54.4 Å². The second-order valence-corrected chi connectivity index (χ2v) is 7.93. The van der Waals surface area contributed by atoms with Crippen molar-refractivity contribution < 1.29 is 42.5 Å². The molecule has 2 rings (SSSR count). The van der Waals surface area contributed by atoms with Gasteiger partial charge in [-0.1, -0.05) is 0 Å². The summed E-state index contributed by atoms with van der Waals surface area (Å²) >= 11 is 0. The molecule has 0 radical (unpaired) electrons. The smallest absolute Gasteiger partial charge is 0.412 e. The van der Waals surface area contributed by atoms with Gasteiger partial charge in [-0.25, -0.2) is 13.6 Å². The second kappa shape index (κ2) is 10.5. The number of carbonyl (C=O) groups is 3. The lowest BCUT2D eigenvalue weighted by Crippen LogP contribution is -2.47. The lowest BCUT2D eigenvalue weighted by Gasteiger charge is -2.35. The van der Waals surface area contributed by atoms with E-state index in [0.29, 0.717) is 6.07 Å². The first-order valence-electron chi connectivity index (χ1n) is 9.57. The molecule has 1 aromatic carbocycles. The number of carbonyl (C=O) groups excluding carboxylic acids is 2. The van der Waals surface area contributed by atoms with Crippen LogP contribution in [0, 0.1) is 11.6 Å². The summed E-state index contributed by atoms with van der Waals surface area (Å²) < 4.78 is 43.8. The van der Waals surface area contributed by atoms with E-state index >= 15 is 0 Å². The molecule has 9 nitrogen and oxygen atoms in total. The Labute approximate surface area is 178 Å². The Morgan fingerprint density at radius 2 is 1.77 bits per heavy atom. The molecule has 0 spiro atoms. The molecule has 0 saturated carbocycles. The van der Waals surface area contributed by atoms with Crippen LogP contribution in [-0.4, -0.2) is 78.1 Å². The Bertz CT molecular complexity index is 793. The third kappa shape index (κ3) is 7.76. The molecule has 0 bridgehead atoms. The van der Waals surface area contributed by atoms with Crippen LogP contribution in [-0.2, 0) is 23.8 Å². The predicted octanol–water partition coefficient (Wildman–Crippen LogP) is 2.16. The van der Waals surface area contributed by atoms with Gasteiger partial charge in [-0.15, -0.1) is 0 Å². The molecule has 1 fully saturated rings. The van der Waals surface area contributed by atoms with E-state index in [0.717, 1.165) is 21.9 Å². The fourth-order valence-corrected chi connectivity index (χ4v) is 2.92. The zero-order valence-electron chi connectivity index (χ0n) is 17.6. The van der Waals surface area contributed by atoms with Crippen LogP contribution in [0.25, 0.3) is 0 Å². The number of halogens is 2. The molecule has 1 heterocycles. The molecule has 1 saturated heterocycles. The third-order valence-electron chi connectivity index (χ3n) is 4.16. The van der Waals surface area contributed by atoms with Crippen LogP contribution in [0.5, 0.6) is 0 Å². The normalized spacial score (nSPS) is 19.0. The third-order valence-corrected chi connectivity index (χ3v) is 4.16. The number of ether oxygens (including phenoxy) is 3. The van der Waals surface area contributed by atoms with Crippen LogP contribution in [0.4, 0.5) is 13.6 Å². The Balaban J connectivity index is 2.51. The number of hydrogen-bond donors (Lipinski definition) is 1. The molecule has 0 aliphatic carbocycles. The van der Waals surface area contributed by atoms with Gasteiger partial charge in [0.15, 0.2) is 0 Å². The van der Waals surface area contributed by atoms with E-state index in [-0.39, 0.29) is 32.1 Å². The van der Waals surface area contributed by atoms with Gasteiger partial charge in [-0.05, 0) is 38.5 Å². The highest BCUT2D eigenvalue weighted by atomic mass is 19.1. The van der Waals surface area contributed by atoms with Crippen molar-refractivity contribution in [2.24, 2.45) is 0 Å². The fraction of sp³-hybridized carbons (Fsp3) is 0.550. The number of benzene rings is 1. The van der Waals surface area contributed by atoms with E-state index in [1.54, 1.807) is 20.8 Å². The number of hydrogen-bond acceptors (Lipinski definition) is 6. The number of carboxylic acids is 1. The average Bonchev–Trinajstić information content (AvgIpc) is 2.65. The highest BCUT2D eigenvalue weighted by Crippen LogP contribution is 2.26. The summed E-state index contributed by atoms with van der Waals surface area (Å²) in [5, 5.41) is 9.32. The maximum absolute atomic E-state index is 13.9. The lowest BCUT2D eigenvalue weighted by atomic mass is 10.0. The molecule has 1 atom stereocenters. The molecule has 1 aromatic rings. The topological polar surface area (TPSA) is 106 Å². The molecular formula is C20H26F2N2O7. The van der Waals surface area contributed by atoms with Crippen LogP contribution in [0.2, 0.25) is 0 Å². The molecule has 1 unspecified atom stereocenters. The molecule has 11 heteroatoms. The van der Waals surface area contributed by atoms with Crippen molar-refractivity contribution in [3.63, 3.8) is 0 Å². The van der Waals surface area contributed by atoms with E-state index in [1.807, 2.05) is 0 Å². The summed E-state index contributed by atoms with van der Waals surface area (Å²) in [5.41, 5.74) is -0.872. The highest BCUT2D eigenvalue weighted by Gasteiger charge is 2.33. The number of carboxylic acid groups (broad SMARTS) is 1. The standard InChI is InChI=1S/C20H26F2N2O7/c1-20(2,3)31-19(28)23-9-16(13-6-14(21)8-15(22)7-13)24(10-18(26)27)17(25)11-29-4-5-30-12-23/h6-8,16H,4-5,9-12H2,1-3H3,(H,26,27). The van der Waals surface area contributed by atoms with Crippen molar-refractivity contribution in [2.75, 3.05) is 39.6 Å². The van der Waals surface area contributed by atoms with Gasteiger partial charge in [-0.3, -0.25) is 14.5 Å². The first-order valence-corrected chi connectivity index (χ1v) is 9.57. The van der Waals surface area contributed by atoms with Gasteiger partial charge in [0.25, 0.3) is 0 Å². The zero-order chi connectivity index (χ0) is 23.2. The summed E-state index contributed by atoms with van der Waals surface area (Å²) in [7, 11) is 0. The van der Waals surface area contributed by atoms with Gasteiger partial charge >= 0.3 is 12.1 Å². The number of rotatable bonds is 3. The highest BCUT2D eigenvalue weighted by molar-refractivity contribution is 5.82. The van der Waals surface area contributed by atoms with Crippen LogP contribution < -0.4 is 0 Å². The molecular weight excluding hydrogens is 418 g/mol. The SMILES string of the molecule is CC(C)(C)OC(=O)N1COCCOCC(=O)N(CC(=O)O)C(c2cc(F)cc(F)c2)C1. The maximum atomic E-state index is 13.9. The minimum atomic E-state index is -1.34. The van der Waals surface area contributed by atoms with E-state index in [4.69, 9.17) is 14.2 Å². The van der Waals surface area contributed by atoms with Gasteiger partial charge in [0.05, 0.1) is 25.8 Å². The predicted molar refractivity (Wildman–Crippen MR) is 103 cm³/mol. The van der Waals surface area contributed by atoms with Crippen molar-refractivity contribution >= 4 is 18.0 Å². The van der Waals surface area contributed by atoms with E-state index in [2.05, 4.69) is 0 Å². The summed E-state index contributed by atoms with van der Waals surface area (Å²) in [6.07, 6.45) is -0.794. The first kappa shape index (κ1) is 24.5. The van der Waals surface area contributed by atoms with E-state index in [9.17, 15) is 28.3 Å². The van der Waals surface area contributed by atoms with Gasteiger partial charge < -0.3 is 24.2 Å². The van der Waals surface area contributed by atoms with Gasteiger partial charge in [-0.2, -0.15) is 0 Å². The largest absolute Gasteiger partial charge is 0.480 e. The van der Waals surface area contributed by atoms with Crippen LogP contribution >= 0.6 is 0 Å². The second-order valence-electron chi connectivity index (χ2n) is 7.93.